The molecular weight excluding hydrogens is 513 g/mol. The van der Waals surface area contributed by atoms with Crippen LogP contribution in [0.5, 0.6) is 0 Å². The molecule has 1 aromatic carbocycles. The topological polar surface area (TPSA) is 160 Å². The first kappa shape index (κ1) is 27.1. The van der Waals surface area contributed by atoms with Crippen molar-refractivity contribution in [3.63, 3.8) is 0 Å². The average molecular weight is 533 g/mol. The fraction of sp³-hybridized carbons (Fsp3) is 0.150. The fourth-order valence-electron chi connectivity index (χ4n) is 2.64. The summed E-state index contributed by atoms with van der Waals surface area (Å²) < 4.78 is 58.8. The lowest BCUT2D eigenvalue weighted by molar-refractivity contribution is -0.192. The van der Waals surface area contributed by atoms with Crippen molar-refractivity contribution in [1.29, 1.82) is 5.41 Å². The molecule has 14 heteroatoms. The van der Waals surface area contributed by atoms with Crippen molar-refractivity contribution < 1.29 is 31.5 Å². The SMILES string of the molecule is CSc1sc(C(=N)N)cc1S(=O)(=O)c1cnc(N)c(-c2ccccc2C)c1.O=C(O)C(F)(F)F. The minimum Gasteiger partial charge on any atom is -0.475 e. The molecule has 182 valence electrons. The van der Waals surface area contributed by atoms with Gasteiger partial charge in [-0.3, -0.25) is 5.41 Å². The van der Waals surface area contributed by atoms with E-state index in [4.69, 9.17) is 26.8 Å². The summed E-state index contributed by atoms with van der Waals surface area (Å²) >= 11 is 2.49. The summed E-state index contributed by atoms with van der Waals surface area (Å²) in [4.78, 5) is 13.6. The van der Waals surface area contributed by atoms with Crippen LogP contribution in [0, 0.1) is 12.3 Å². The Morgan fingerprint density at radius 2 is 1.79 bits per heavy atom. The number of alkyl halides is 3. The number of aliphatic carboxylic acids is 1. The highest BCUT2D eigenvalue weighted by Crippen LogP contribution is 2.38. The van der Waals surface area contributed by atoms with Crippen LogP contribution in [0.4, 0.5) is 19.0 Å². The van der Waals surface area contributed by atoms with E-state index in [-0.39, 0.29) is 21.4 Å². The standard InChI is InChI=1S/C18H18N4O2S3.C2HF3O2/c1-10-5-3-4-6-12(10)13-7-11(9-22-17(13)21)27(23,24)15-8-14(16(19)20)26-18(15)25-2;3-2(4,5)1(6)7/h3-9H,1-2H3,(H3,19,20)(H2,21,22);(H,6,7). The predicted octanol–water partition coefficient (Wildman–Crippen LogP) is 4.17. The second-order valence-corrected chi connectivity index (χ2v) is 10.7. The van der Waals surface area contributed by atoms with Crippen LogP contribution in [0.15, 0.2) is 56.6 Å². The van der Waals surface area contributed by atoms with E-state index < -0.39 is 22.0 Å². The normalized spacial score (nSPS) is 11.4. The number of carbonyl (C=O) groups is 1. The first-order valence-corrected chi connectivity index (χ1v) is 12.6. The van der Waals surface area contributed by atoms with Crippen molar-refractivity contribution in [2.75, 3.05) is 12.0 Å². The monoisotopic (exact) mass is 532 g/mol. The third-order valence-corrected chi connectivity index (χ3v) is 8.59. The van der Waals surface area contributed by atoms with Crippen molar-refractivity contribution in [3.8, 4) is 11.1 Å². The van der Waals surface area contributed by atoms with Crippen LogP contribution in [0.1, 0.15) is 10.4 Å². The van der Waals surface area contributed by atoms with Crippen LogP contribution < -0.4 is 11.5 Å². The molecule has 3 aromatic rings. The van der Waals surface area contributed by atoms with Crippen molar-refractivity contribution in [3.05, 3.63) is 53.0 Å². The molecule has 0 aliphatic heterocycles. The molecule has 8 nitrogen and oxygen atoms in total. The van der Waals surface area contributed by atoms with Crippen molar-refractivity contribution in [2.24, 2.45) is 5.73 Å². The molecule has 0 amide bonds. The van der Waals surface area contributed by atoms with Gasteiger partial charge in [0.15, 0.2) is 0 Å². The summed E-state index contributed by atoms with van der Waals surface area (Å²) in [5.74, 6) is -2.65. The molecule has 0 unspecified atom stereocenters. The number of halogens is 3. The molecule has 34 heavy (non-hydrogen) atoms. The number of rotatable bonds is 5. The highest BCUT2D eigenvalue weighted by Gasteiger charge is 2.38. The molecule has 0 saturated heterocycles. The maximum atomic E-state index is 13.2. The lowest BCUT2D eigenvalue weighted by Crippen LogP contribution is -2.21. The third-order valence-electron chi connectivity index (χ3n) is 4.29. The number of sulfone groups is 1. The number of hydrogen-bond donors (Lipinski definition) is 4. The van der Waals surface area contributed by atoms with Gasteiger partial charge in [-0.2, -0.15) is 13.2 Å². The number of carboxylic acid groups (broad SMARTS) is 1. The van der Waals surface area contributed by atoms with Gasteiger partial charge in [0, 0.05) is 11.8 Å². The molecule has 2 aromatic heterocycles. The molecule has 6 N–H and O–H groups in total. The van der Waals surface area contributed by atoms with Gasteiger partial charge < -0.3 is 16.6 Å². The highest BCUT2D eigenvalue weighted by atomic mass is 32.2. The van der Waals surface area contributed by atoms with Crippen LogP contribution in [0.3, 0.4) is 0 Å². The van der Waals surface area contributed by atoms with E-state index in [0.717, 1.165) is 11.1 Å². The van der Waals surface area contributed by atoms with Crippen LogP contribution in [0.25, 0.3) is 11.1 Å². The van der Waals surface area contributed by atoms with Gasteiger partial charge in [0.25, 0.3) is 0 Å². The van der Waals surface area contributed by atoms with E-state index in [1.54, 1.807) is 12.3 Å². The number of nitrogens with two attached hydrogens (primary N) is 2. The molecule has 0 bridgehead atoms. The van der Waals surface area contributed by atoms with Gasteiger partial charge in [0.2, 0.25) is 9.84 Å². The van der Waals surface area contributed by atoms with Crippen LogP contribution >= 0.6 is 23.1 Å². The maximum absolute atomic E-state index is 13.2. The number of aromatic nitrogens is 1. The number of amidine groups is 1. The van der Waals surface area contributed by atoms with E-state index in [1.165, 1.54) is 35.4 Å². The molecule has 0 aliphatic rings. The summed E-state index contributed by atoms with van der Waals surface area (Å²) in [6, 6.07) is 10.6. The Kier molecular flexibility index (Phi) is 8.34. The number of hydrogen-bond acceptors (Lipinski definition) is 8. The Labute approximate surface area is 201 Å². The van der Waals surface area contributed by atoms with Gasteiger partial charge in [-0.05, 0) is 36.4 Å². The number of anilines is 1. The van der Waals surface area contributed by atoms with Crippen molar-refractivity contribution in [1.82, 2.24) is 4.98 Å². The van der Waals surface area contributed by atoms with Gasteiger partial charge in [0.1, 0.15) is 11.7 Å². The van der Waals surface area contributed by atoms with Gasteiger partial charge >= 0.3 is 12.1 Å². The summed E-state index contributed by atoms with van der Waals surface area (Å²) in [5.41, 5.74) is 13.9. The molecule has 2 heterocycles. The zero-order chi connectivity index (χ0) is 25.8. The van der Waals surface area contributed by atoms with Crippen LogP contribution in [-0.4, -0.2) is 42.7 Å². The molecule has 0 aliphatic carbocycles. The minimum absolute atomic E-state index is 0.0538. The summed E-state index contributed by atoms with van der Waals surface area (Å²) in [5, 5.41) is 14.7. The van der Waals surface area contributed by atoms with Crippen molar-refractivity contribution in [2.45, 2.75) is 27.1 Å². The number of nitrogens with one attached hydrogen (secondary N) is 1. The summed E-state index contributed by atoms with van der Waals surface area (Å²) in [6.07, 6.45) is -2.03. The van der Waals surface area contributed by atoms with Gasteiger partial charge in [0.05, 0.1) is 18.9 Å². The van der Waals surface area contributed by atoms with Crippen molar-refractivity contribution >= 4 is 50.6 Å². The number of carboxylic acids is 1. The zero-order valence-electron chi connectivity index (χ0n) is 17.7. The molecule has 0 saturated carbocycles. The lowest BCUT2D eigenvalue weighted by atomic mass is 10.0. The van der Waals surface area contributed by atoms with E-state index in [9.17, 15) is 21.6 Å². The first-order chi connectivity index (χ1) is 15.7. The molecule has 0 atom stereocenters. The van der Waals surface area contributed by atoms with E-state index >= 15 is 0 Å². The number of thioether (sulfide) groups is 1. The van der Waals surface area contributed by atoms with Gasteiger partial charge in [-0.25, -0.2) is 18.2 Å². The minimum atomic E-state index is -5.08. The van der Waals surface area contributed by atoms with Gasteiger partial charge in [-0.15, -0.1) is 23.1 Å². The Bertz CT molecular complexity index is 1340. The summed E-state index contributed by atoms with van der Waals surface area (Å²) in [6.45, 7) is 1.93. The quantitative estimate of drug-likeness (QED) is 0.216. The second kappa shape index (κ2) is 10.4. The molecule has 0 spiro atoms. The maximum Gasteiger partial charge on any atom is 0.490 e. The Morgan fingerprint density at radius 1 is 1.21 bits per heavy atom. The molecule has 0 fully saturated rings. The average Bonchev–Trinajstić information content (AvgIpc) is 3.20. The van der Waals surface area contributed by atoms with Gasteiger partial charge in [-0.1, -0.05) is 24.3 Å². The van der Waals surface area contributed by atoms with E-state index in [1.807, 2.05) is 31.2 Å². The molecule has 0 radical (unpaired) electrons. The summed E-state index contributed by atoms with van der Waals surface area (Å²) in [7, 11) is -3.84. The molecule has 3 rings (SSSR count). The third kappa shape index (κ3) is 6.07. The number of benzene rings is 1. The Morgan fingerprint density at radius 3 is 2.29 bits per heavy atom. The fourth-order valence-corrected chi connectivity index (χ4v) is 6.47. The lowest BCUT2D eigenvalue weighted by Gasteiger charge is -2.11. The Hall–Kier alpha value is -3.10. The van der Waals surface area contributed by atoms with Crippen LogP contribution in [0.2, 0.25) is 0 Å². The number of nitrogen functional groups attached to an aromatic ring is 2. The van der Waals surface area contributed by atoms with Crippen LogP contribution in [-0.2, 0) is 14.6 Å². The zero-order valence-corrected chi connectivity index (χ0v) is 20.1. The first-order valence-electron chi connectivity index (χ1n) is 9.09. The van der Waals surface area contributed by atoms with E-state index in [2.05, 4.69) is 4.98 Å². The smallest absolute Gasteiger partial charge is 0.475 e. The number of nitrogens with zero attached hydrogens (tertiary/aromatic N) is 1. The Balaban J connectivity index is 0.000000509. The number of thiophene rings is 1. The largest absolute Gasteiger partial charge is 0.490 e. The highest BCUT2D eigenvalue weighted by molar-refractivity contribution is 8.01. The predicted molar refractivity (Wildman–Crippen MR) is 125 cm³/mol. The number of aryl methyl sites for hydroxylation is 1. The van der Waals surface area contributed by atoms with E-state index in [0.29, 0.717) is 14.6 Å². The number of pyridine rings is 1. The second-order valence-electron chi connectivity index (χ2n) is 6.61. The molecular formula is C20H19F3N4O4S3.